The second kappa shape index (κ2) is 5.69. The fourth-order valence-corrected chi connectivity index (χ4v) is 4.34. The highest BCUT2D eigenvalue weighted by molar-refractivity contribution is 14.1. The van der Waals surface area contributed by atoms with Gasteiger partial charge in [0.25, 0.3) is 5.69 Å². The van der Waals surface area contributed by atoms with Crippen LogP contribution in [0.25, 0.3) is 0 Å². The molecule has 3 rings (SSSR count). The summed E-state index contributed by atoms with van der Waals surface area (Å²) in [6.07, 6.45) is 3.71. The first-order valence-electron chi connectivity index (χ1n) is 6.42. The molecule has 0 saturated carbocycles. The predicted octanol–water partition coefficient (Wildman–Crippen LogP) is 4.36. The summed E-state index contributed by atoms with van der Waals surface area (Å²) in [5.41, 5.74) is 2.59. The van der Waals surface area contributed by atoms with Gasteiger partial charge in [0.1, 0.15) is 0 Å². The number of nitrogens with one attached hydrogen (secondary N) is 1. The summed E-state index contributed by atoms with van der Waals surface area (Å²) in [6.45, 7) is 0.783. The van der Waals surface area contributed by atoms with Gasteiger partial charge in [0.05, 0.1) is 8.49 Å². The van der Waals surface area contributed by atoms with Crippen LogP contribution in [0, 0.1) is 13.7 Å². The maximum absolute atomic E-state index is 10.8. The van der Waals surface area contributed by atoms with Gasteiger partial charge in [-0.1, -0.05) is 0 Å². The topological polar surface area (TPSA) is 55.2 Å². The number of benzene rings is 1. The third kappa shape index (κ3) is 2.80. The Morgan fingerprint density at radius 3 is 2.90 bits per heavy atom. The molecule has 0 radical (unpaired) electrons. The van der Waals surface area contributed by atoms with Crippen molar-refractivity contribution in [3.8, 4) is 0 Å². The lowest BCUT2D eigenvalue weighted by atomic mass is 10.2. The molecule has 4 nitrogen and oxygen atoms in total. The van der Waals surface area contributed by atoms with Crippen molar-refractivity contribution in [1.29, 1.82) is 0 Å². The summed E-state index contributed by atoms with van der Waals surface area (Å²) in [5.74, 6) is 0. The molecular weight excluding hydrogens is 387 g/mol. The molecule has 1 aromatic heterocycles. The predicted molar refractivity (Wildman–Crippen MR) is 89.5 cm³/mol. The van der Waals surface area contributed by atoms with Crippen molar-refractivity contribution < 1.29 is 4.92 Å². The first-order chi connectivity index (χ1) is 9.63. The first kappa shape index (κ1) is 13.8. The van der Waals surface area contributed by atoms with Crippen LogP contribution < -0.4 is 5.32 Å². The van der Waals surface area contributed by atoms with Crippen molar-refractivity contribution in [3.63, 3.8) is 0 Å². The number of hydrogen-bond acceptors (Lipinski definition) is 4. The van der Waals surface area contributed by atoms with Gasteiger partial charge >= 0.3 is 0 Å². The van der Waals surface area contributed by atoms with Gasteiger partial charge in [0, 0.05) is 28.1 Å². The summed E-state index contributed by atoms with van der Waals surface area (Å²) in [4.78, 5) is 13.3. The molecule has 0 fully saturated rings. The lowest BCUT2D eigenvalue weighted by Crippen LogP contribution is -1.99. The number of rotatable bonds is 4. The Labute approximate surface area is 134 Å². The second-order valence-corrected chi connectivity index (χ2v) is 7.18. The number of halogens is 1. The summed E-state index contributed by atoms with van der Waals surface area (Å²) < 4.78 is 0.659. The number of nitrogens with zero attached hydrogens (tertiary/aromatic N) is 1. The molecule has 1 aliphatic rings. The molecule has 0 bridgehead atoms. The Hall–Kier alpha value is -1.15. The molecule has 1 heterocycles. The number of nitro groups is 1. The Kier molecular flexibility index (Phi) is 3.93. The minimum absolute atomic E-state index is 0.159. The van der Waals surface area contributed by atoms with E-state index in [9.17, 15) is 10.1 Å². The summed E-state index contributed by atoms with van der Waals surface area (Å²) in [7, 11) is 0. The van der Waals surface area contributed by atoms with Gasteiger partial charge < -0.3 is 5.32 Å². The van der Waals surface area contributed by atoms with Crippen LogP contribution in [-0.4, -0.2) is 4.92 Å². The van der Waals surface area contributed by atoms with Crippen molar-refractivity contribution in [3.05, 3.63) is 53.3 Å². The summed E-state index contributed by atoms with van der Waals surface area (Å²) >= 11 is 3.88. The fraction of sp³-hybridized carbons (Fsp3) is 0.286. The van der Waals surface area contributed by atoms with Crippen molar-refractivity contribution in [2.75, 3.05) is 5.32 Å². The van der Waals surface area contributed by atoms with Gasteiger partial charge in [0.15, 0.2) is 0 Å². The number of hydrogen-bond donors (Lipinski definition) is 1. The smallest absolute Gasteiger partial charge is 0.282 e. The molecule has 0 aliphatic heterocycles. The third-order valence-electron chi connectivity index (χ3n) is 3.41. The van der Waals surface area contributed by atoms with Gasteiger partial charge in [-0.3, -0.25) is 10.1 Å². The largest absolute Gasteiger partial charge is 0.380 e. The molecule has 20 heavy (non-hydrogen) atoms. The lowest BCUT2D eigenvalue weighted by molar-refractivity contribution is -0.385. The van der Waals surface area contributed by atoms with E-state index in [4.69, 9.17) is 0 Å². The zero-order valence-corrected chi connectivity index (χ0v) is 13.7. The maximum Gasteiger partial charge on any atom is 0.282 e. The molecule has 6 heteroatoms. The van der Waals surface area contributed by atoms with Gasteiger partial charge in [-0.25, -0.2) is 0 Å². The average Bonchev–Trinajstić information content (AvgIpc) is 2.96. The number of thiophene rings is 1. The zero-order chi connectivity index (χ0) is 14.1. The van der Waals surface area contributed by atoms with Crippen LogP contribution >= 0.6 is 33.9 Å². The molecule has 0 unspecified atom stereocenters. The Balaban J connectivity index is 1.68. The Bertz CT molecular complexity index is 648. The molecule has 0 atom stereocenters. The number of anilines is 1. The van der Waals surface area contributed by atoms with Crippen molar-refractivity contribution in [1.82, 2.24) is 0 Å². The highest BCUT2D eigenvalue weighted by Gasteiger charge is 2.15. The molecule has 0 amide bonds. The normalized spacial score (nSPS) is 13.2. The van der Waals surface area contributed by atoms with E-state index in [1.165, 1.54) is 34.6 Å². The van der Waals surface area contributed by atoms with E-state index in [0.717, 1.165) is 12.2 Å². The van der Waals surface area contributed by atoms with Gasteiger partial charge in [-0.2, -0.15) is 0 Å². The van der Waals surface area contributed by atoms with Crippen LogP contribution in [0.15, 0.2) is 24.3 Å². The highest BCUT2D eigenvalue weighted by Crippen LogP contribution is 2.31. The van der Waals surface area contributed by atoms with Crippen LogP contribution in [0.1, 0.15) is 21.7 Å². The van der Waals surface area contributed by atoms with E-state index < -0.39 is 0 Å². The molecule has 2 aromatic rings. The molecule has 104 valence electrons. The van der Waals surface area contributed by atoms with E-state index in [1.807, 2.05) is 40.0 Å². The van der Waals surface area contributed by atoms with Crippen molar-refractivity contribution >= 4 is 45.3 Å². The van der Waals surface area contributed by atoms with Gasteiger partial charge in [0.2, 0.25) is 0 Å². The molecule has 1 aliphatic carbocycles. The third-order valence-corrected chi connectivity index (χ3v) is 5.51. The van der Waals surface area contributed by atoms with Crippen molar-refractivity contribution in [2.24, 2.45) is 0 Å². The van der Waals surface area contributed by atoms with Crippen molar-refractivity contribution in [2.45, 2.75) is 25.8 Å². The monoisotopic (exact) mass is 400 g/mol. The minimum Gasteiger partial charge on any atom is -0.380 e. The van der Waals surface area contributed by atoms with E-state index in [1.54, 1.807) is 12.1 Å². The van der Waals surface area contributed by atoms with E-state index in [0.29, 0.717) is 3.57 Å². The first-order valence-corrected chi connectivity index (χ1v) is 8.31. The molecular formula is C14H13IN2O2S. The number of nitro benzene ring substituents is 1. The van der Waals surface area contributed by atoms with Crippen LogP contribution in [0.3, 0.4) is 0 Å². The van der Waals surface area contributed by atoms with E-state index >= 15 is 0 Å². The molecule has 0 spiro atoms. The van der Waals surface area contributed by atoms with Crippen LogP contribution in [-0.2, 0) is 19.4 Å². The summed E-state index contributed by atoms with van der Waals surface area (Å²) in [6, 6.07) is 7.43. The van der Waals surface area contributed by atoms with Gasteiger partial charge in [-0.05, 0) is 65.6 Å². The van der Waals surface area contributed by atoms with Crippen LogP contribution in [0.4, 0.5) is 11.4 Å². The number of fused-ring (bicyclic) bond motifs is 1. The minimum atomic E-state index is -0.352. The Morgan fingerprint density at radius 2 is 2.20 bits per heavy atom. The lowest BCUT2D eigenvalue weighted by Gasteiger charge is -2.05. The molecule has 0 saturated heterocycles. The fourth-order valence-electron chi connectivity index (χ4n) is 2.43. The maximum atomic E-state index is 10.8. The van der Waals surface area contributed by atoms with E-state index in [-0.39, 0.29) is 10.6 Å². The average molecular weight is 400 g/mol. The number of aryl methyl sites for hydroxylation is 2. The Morgan fingerprint density at radius 1 is 1.35 bits per heavy atom. The second-order valence-electron chi connectivity index (χ2n) is 4.79. The highest BCUT2D eigenvalue weighted by atomic mass is 127. The van der Waals surface area contributed by atoms with E-state index in [2.05, 4.69) is 11.4 Å². The zero-order valence-electron chi connectivity index (χ0n) is 10.7. The summed E-state index contributed by atoms with van der Waals surface area (Å²) in [5, 5.41) is 14.1. The van der Waals surface area contributed by atoms with Crippen LogP contribution in [0.5, 0.6) is 0 Å². The molecule has 1 N–H and O–H groups in total. The standard InChI is InChI=1S/C14H13IN2O2S/c15-12-7-10(4-5-13(12)17(18)19)16-8-11-6-9-2-1-3-14(9)20-11/h4-7,16H,1-3,8H2. The molecule has 1 aromatic carbocycles. The van der Waals surface area contributed by atoms with Gasteiger partial charge in [-0.15, -0.1) is 11.3 Å². The quantitative estimate of drug-likeness (QED) is 0.471. The SMILES string of the molecule is O=[N+]([O-])c1ccc(NCc2cc3c(s2)CCC3)cc1I. The van der Waals surface area contributed by atoms with Crippen LogP contribution in [0.2, 0.25) is 0 Å².